The Morgan fingerprint density at radius 3 is 2.83 bits per heavy atom. The van der Waals surface area contributed by atoms with Crippen LogP contribution in [0.4, 0.5) is 5.69 Å². The summed E-state index contributed by atoms with van der Waals surface area (Å²) >= 11 is 0. The Morgan fingerprint density at radius 1 is 1.33 bits per heavy atom. The summed E-state index contributed by atoms with van der Waals surface area (Å²) in [6, 6.07) is 7.86. The van der Waals surface area contributed by atoms with Gasteiger partial charge in [0, 0.05) is 18.7 Å². The Kier molecular flexibility index (Phi) is 4.76. The highest BCUT2D eigenvalue weighted by Crippen LogP contribution is 2.25. The summed E-state index contributed by atoms with van der Waals surface area (Å²) in [5, 5.41) is 3.02. The molecule has 3 nitrogen and oxygen atoms in total. The number of carbonyl (C=O) groups excluding carboxylic acids is 1. The van der Waals surface area contributed by atoms with Gasteiger partial charge >= 0.3 is 0 Å². The fraction of sp³-hybridized carbons (Fsp3) is 0.533. The molecule has 0 saturated heterocycles. The van der Waals surface area contributed by atoms with E-state index in [0.29, 0.717) is 6.61 Å². The number of methoxy groups -OCH3 is 1. The van der Waals surface area contributed by atoms with Crippen LogP contribution in [0.2, 0.25) is 0 Å². The summed E-state index contributed by atoms with van der Waals surface area (Å²) in [6.07, 6.45) is 5.70. The lowest BCUT2D eigenvalue weighted by molar-refractivity contribution is -0.120. The molecule has 98 valence electrons. The number of hydrogen-bond acceptors (Lipinski definition) is 2. The molecule has 0 bridgehead atoms. The zero-order chi connectivity index (χ0) is 12.8. The molecule has 3 heteroatoms. The van der Waals surface area contributed by atoms with Crippen molar-refractivity contribution in [3.8, 4) is 0 Å². The van der Waals surface area contributed by atoms with E-state index in [4.69, 9.17) is 4.74 Å². The fourth-order valence-corrected chi connectivity index (χ4v) is 2.51. The maximum atomic E-state index is 12.1. The molecule has 0 atom stereocenters. The van der Waals surface area contributed by atoms with Crippen molar-refractivity contribution in [1.29, 1.82) is 0 Å². The Morgan fingerprint density at radius 2 is 2.11 bits per heavy atom. The third kappa shape index (κ3) is 3.57. The minimum Gasteiger partial charge on any atom is -0.380 e. The molecule has 0 radical (unpaired) electrons. The lowest BCUT2D eigenvalue weighted by Crippen LogP contribution is -2.24. The van der Waals surface area contributed by atoms with Gasteiger partial charge in [-0.3, -0.25) is 4.79 Å². The van der Waals surface area contributed by atoms with Crippen molar-refractivity contribution in [2.75, 3.05) is 12.4 Å². The monoisotopic (exact) mass is 247 g/mol. The molecule has 1 aliphatic rings. The number of amides is 1. The molecule has 1 saturated carbocycles. The second kappa shape index (κ2) is 6.55. The lowest BCUT2D eigenvalue weighted by Gasteiger charge is -2.20. The molecule has 0 heterocycles. The number of nitrogens with one attached hydrogen (secondary N) is 1. The van der Waals surface area contributed by atoms with Gasteiger partial charge in [-0.05, 0) is 30.5 Å². The van der Waals surface area contributed by atoms with Crippen LogP contribution in [0.15, 0.2) is 24.3 Å². The summed E-state index contributed by atoms with van der Waals surface area (Å²) in [5.74, 6) is 0.370. The predicted octanol–water partition coefficient (Wildman–Crippen LogP) is 3.35. The molecule has 1 aromatic carbocycles. The first-order valence-electron chi connectivity index (χ1n) is 6.68. The van der Waals surface area contributed by atoms with Gasteiger partial charge in [0.05, 0.1) is 6.61 Å². The summed E-state index contributed by atoms with van der Waals surface area (Å²) in [4.78, 5) is 12.1. The van der Waals surface area contributed by atoms with Gasteiger partial charge in [-0.1, -0.05) is 31.4 Å². The van der Waals surface area contributed by atoms with E-state index in [-0.39, 0.29) is 11.8 Å². The van der Waals surface area contributed by atoms with Crippen LogP contribution < -0.4 is 5.32 Å². The third-order valence-electron chi connectivity index (χ3n) is 3.48. The summed E-state index contributed by atoms with van der Waals surface area (Å²) in [5.41, 5.74) is 1.96. The van der Waals surface area contributed by atoms with Crippen LogP contribution in [-0.4, -0.2) is 13.0 Å². The van der Waals surface area contributed by atoms with Gasteiger partial charge in [0.2, 0.25) is 5.91 Å². The molecular formula is C15H21NO2. The van der Waals surface area contributed by atoms with E-state index in [0.717, 1.165) is 24.1 Å². The van der Waals surface area contributed by atoms with E-state index in [2.05, 4.69) is 5.32 Å². The molecule has 1 aliphatic carbocycles. The van der Waals surface area contributed by atoms with Crippen molar-refractivity contribution < 1.29 is 9.53 Å². The average Bonchev–Trinajstić information content (AvgIpc) is 2.40. The van der Waals surface area contributed by atoms with Crippen molar-refractivity contribution in [2.45, 2.75) is 38.7 Å². The van der Waals surface area contributed by atoms with E-state index >= 15 is 0 Å². The number of anilines is 1. The van der Waals surface area contributed by atoms with Crippen LogP contribution in [-0.2, 0) is 16.1 Å². The maximum absolute atomic E-state index is 12.1. The van der Waals surface area contributed by atoms with E-state index in [9.17, 15) is 4.79 Å². The first kappa shape index (κ1) is 13.1. The van der Waals surface area contributed by atoms with Crippen LogP contribution >= 0.6 is 0 Å². The summed E-state index contributed by atoms with van der Waals surface area (Å²) in [6.45, 7) is 0.577. The molecule has 18 heavy (non-hydrogen) atoms. The minimum absolute atomic E-state index is 0.171. The van der Waals surface area contributed by atoms with Gasteiger partial charge in [0.15, 0.2) is 0 Å². The quantitative estimate of drug-likeness (QED) is 0.886. The Balaban J connectivity index is 1.95. The van der Waals surface area contributed by atoms with E-state index < -0.39 is 0 Å². The van der Waals surface area contributed by atoms with Crippen molar-refractivity contribution >= 4 is 11.6 Å². The highest BCUT2D eigenvalue weighted by molar-refractivity contribution is 5.92. The first-order chi connectivity index (χ1) is 8.79. The van der Waals surface area contributed by atoms with Gasteiger partial charge in [0.25, 0.3) is 0 Å². The van der Waals surface area contributed by atoms with Crippen molar-refractivity contribution in [3.63, 3.8) is 0 Å². The van der Waals surface area contributed by atoms with Gasteiger partial charge < -0.3 is 10.1 Å². The Bertz CT molecular complexity index is 397. The standard InChI is InChI=1S/C15H21NO2/c1-18-11-12-6-5-9-14(10-12)16-15(17)13-7-3-2-4-8-13/h5-6,9-10,13H,2-4,7-8,11H2,1H3,(H,16,17). The van der Waals surface area contributed by atoms with Crippen LogP contribution in [0.3, 0.4) is 0 Å². The molecular weight excluding hydrogens is 226 g/mol. The van der Waals surface area contributed by atoms with Gasteiger partial charge in [-0.15, -0.1) is 0 Å². The lowest BCUT2D eigenvalue weighted by atomic mass is 9.88. The van der Waals surface area contributed by atoms with E-state index in [1.165, 1.54) is 19.3 Å². The number of carbonyl (C=O) groups is 1. The highest BCUT2D eigenvalue weighted by Gasteiger charge is 2.20. The molecule has 1 aromatic rings. The zero-order valence-corrected chi connectivity index (χ0v) is 10.9. The summed E-state index contributed by atoms with van der Waals surface area (Å²) in [7, 11) is 1.67. The van der Waals surface area contributed by atoms with Crippen LogP contribution in [0.5, 0.6) is 0 Å². The molecule has 0 aromatic heterocycles. The summed E-state index contributed by atoms with van der Waals surface area (Å²) < 4.78 is 5.09. The number of ether oxygens (including phenoxy) is 1. The largest absolute Gasteiger partial charge is 0.380 e. The zero-order valence-electron chi connectivity index (χ0n) is 10.9. The highest BCUT2D eigenvalue weighted by atomic mass is 16.5. The molecule has 0 unspecified atom stereocenters. The Hall–Kier alpha value is -1.35. The van der Waals surface area contributed by atoms with E-state index in [1.807, 2.05) is 24.3 Å². The van der Waals surface area contributed by atoms with Crippen LogP contribution in [0, 0.1) is 5.92 Å². The molecule has 1 amide bonds. The second-order valence-electron chi connectivity index (χ2n) is 4.96. The number of benzene rings is 1. The fourth-order valence-electron chi connectivity index (χ4n) is 2.51. The molecule has 0 aliphatic heterocycles. The normalized spacial score (nSPS) is 16.5. The number of rotatable bonds is 4. The van der Waals surface area contributed by atoms with Gasteiger partial charge in [-0.2, -0.15) is 0 Å². The molecule has 1 fully saturated rings. The van der Waals surface area contributed by atoms with Crippen molar-refractivity contribution in [2.24, 2.45) is 5.92 Å². The average molecular weight is 247 g/mol. The minimum atomic E-state index is 0.171. The van der Waals surface area contributed by atoms with Crippen molar-refractivity contribution in [1.82, 2.24) is 0 Å². The maximum Gasteiger partial charge on any atom is 0.227 e. The Labute approximate surface area is 109 Å². The van der Waals surface area contributed by atoms with Crippen LogP contribution in [0.1, 0.15) is 37.7 Å². The van der Waals surface area contributed by atoms with Crippen molar-refractivity contribution in [3.05, 3.63) is 29.8 Å². The molecule has 1 N–H and O–H groups in total. The molecule has 0 spiro atoms. The smallest absolute Gasteiger partial charge is 0.227 e. The first-order valence-corrected chi connectivity index (χ1v) is 6.68. The van der Waals surface area contributed by atoms with Gasteiger partial charge in [-0.25, -0.2) is 0 Å². The third-order valence-corrected chi connectivity index (χ3v) is 3.48. The predicted molar refractivity (Wildman–Crippen MR) is 72.4 cm³/mol. The van der Waals surface area contributed by atoms with Crippen LogP contribution in [0.25, 0.3) is 0 Å². The number of hydrogen-bond donors (Lipinski definition) is 1. The topological polar surface area (TPSA) is 38.3 Å². The SMILES string of the molecule is COCc1cccc(NC(=O)C2CCCCC2)c1. The van der Waals surface area contributed by atoms with E-state index in [1.54, 1.807) is 7.11 Å². The second-order valence-corrected chi connectivity index (χ2v) is 4.96. The van der Waals surface area contributed by atoms with Gasteiger partial charge in [0.1, 0.15) is 0 Å². The molecule has 2 rings (SSSR count).